The van der Waals surface area contributed by atoms with Crippen LogP contribution in [0.25, 0.3) is 10.9 Å². The Labute approximate surface area is 210 Å². The largest absolute Gasteiger partial charge is 0.493 e. The maximum Gasteiger partial charge on any atom is 0.261 e. The second-order valence-corrected chi connectivity index (χ2v) is 11.5. The quantitative estimate of drug-likeness (QED) is 0.569. The minimum atomic E-state index is -0.577. The van der Waals surface area contributed by atoms with E-state index in [1.807, 2.05) is 0 Å². The Morgan fingerprint density at radius 3 is 2.63 bits per heavy atom. The van der Waals surface area contributed by atoms with Gasteiger partial charge < -0.3 is 24.7 Å². The van der Waals surface area contributed by atoms with E-state index < -0.39 is 11.4 Å². The van der Waals surface area contributed by atoms with Gasteiger partial charge in [-0.05, 0) is 76.5 Å². The Balaban J connectivity index is 1.16. The number of aromatic amines is 1. The van der Waals surface area contributed by atoms with Crippen LogP contribution < -0.4 is 15.6 Å². The highest BCUT2D eigenvalue weighted by Crippen LogP contribution is 2.27. The maximum absolute atomic E-state index is 14.8. The molecule has 0 aliphatic carbocycles. The Kier molecular flexibility index (Phi) is 8.59. The number of nitrogens with zero attached hydrogens (tertiary/aromatic N) is 2. The number of hydrogen-bond acceptors (Lipinski definition) is 7. The van der Waals surface area contributed by atoms with Crippen molar-refractivity contribution < 1.29 is 13.9 Å². The molecule has 2 aromatic rings. The number of thioether (sulfide) groups is 1. The van der Waals surface area contributed by atoms with E-state index in [1.54, 1.807) is 17.8 Å². The first-order valence-corrected chi connectivity index (χ1v) is 14.2. The topological polar surface area (TPSA) is 79.5 Å². The zero-order valence-corrected chi connectivity index (χ0v) is 21.2. The third kappa shape index (κ3) is 6.76. The lowest BCUT2D eigenvalue weighted by Gasteiger charge is -2.35. The molecule has 0 radical (unpaired) electrons. The van der Waals surface area contributed by atoms with Crippen LogP contribution in [0.1, 0.15) is 44.3 Å². The Morgan fingerprint density at radius 2 is 1.86 bits per heavy atom. The van der Waals surface area contributed by atoms with Crippen LogP contribution in [0, 0.1) is 17.7 Å². The van der Waals surface area contributed by atoms with E-state index in [1.165, 1.54) is 25.5 Å². The summed E-state index contributed by atoms with van der Waals surface area (Å²) in [4.78, 5) is 22.5. The maximum atomic E-state index is 14.8. The van der Waals surface area contributed by atoms with Crippen LogP contribution in [0.5, 0.6) is 5.75 Å². The monoisotopic (exact) mass is 504 g/mol. The van der Waals surface area contributed by atoms with Crippen LogP contribution in [0.2, 0.25) is 0 Å². The fourth-order valence-corrected chi connectivity index (χ4v) is 6.47. The van der Waals surface area contributed by atoms with E-state index in [2.05, 4.69) is 20.2 Å². The van der Waals surface area contributed by atoms with Crippen LogP contribution in [-0.2, 0) is 10.5 Å². The summed E-state index contributed by atoms with van der Waals surface area (Å²) in [7, 11) is 0. The number of likely N-dealkylation sites (tertiary alicyclic amines) is 1. The van der Waals surface area contributed by atoms with Gasteiger partial charge in [0.1, 0.15) is 22.8 Å². The predicted molar refractivity (Wildman–Crippen MR) is 138 cm³/mol. The number of aromatic nitrogens is 2. The number of fused-ring (bicyclic) bond motifs is 1. The molecule has 3 fully saturated rings. The molecular weight excluding hydrogens is 467 g/mol. The highest BCUT2D eigenvalue weighted by Gasteiger charge is 2.23. The minimum absolute atomic E-state index is 0.00314. The summed E-state index contributed by atoms with van der Waals surface area (Å²) in [5, 5.41) is 3.95. The first kappa shape index (κ1) is 25.0. The van der Waals surface area contributed by atoms with Crippen LogP contribution in [0.4, 0.5) is 4.39 Å². The molecule has 5 rings (SSSR count). The molecule has 2 N–H and O–H groups in total. The molecule has 7 nitrogen and oxygen atoms in total. The summed E-state index contributed by atoms with van der Waals surface area (Å²) in [5.41, 5.74) is -0.0640. The van der Waals surface area contributed by atoms with Gasteiger partial charge in [-0.3, -0.25) is 4.79 Å². The van der Waals surface area contributed by atoms with E-state index in [0.29, 0.717) is 40.6 Å². The normalized spacial score (nSPS) is 21.5. The average molecular weight is 505 g/mol. The van der Waals surface area contributed by atoms with Crippen molar-refractivity contribution in [2.24, 2.45) is 11.8 Å². The molecule has 9 heteroatoms. The number of benzene rings is 1. The molecule has 3 saturated heterocycles. The summed E-state index contributed by atoms with van der Waals surface area (Å²) in [5.74, 6) is 2.34. The molecule has 0 atom stereocenters. The van der Waals surface area contributed by atoms with Crippen molar-refractivity contribution in [3.8, 4) is 5.75 Å². The second-order valence-electron chi connectivity index (χ2n) is 10.2. The van der Waals surface area contributed by atoms with E-state index in [9.17, 15) is 9.18 Å². The number of H-pyrrole nitrogens is 1. The number of piperidine rings is 2. The lowest BCUT2D eigenvalue weighted by Crippen LogP contribution is -2.41. The van der Waals surface area contributed by atoms with Gasteiger partial charge in [0.25, 0.3) is 5.56 Å². The summed E-state index contributed by atoms with van der Waals surface area (Å²) in [6.07, 6.45) is 6.78. The van der Waals surface area contributed by atoms with Crippen molar-refractivity contribution in [2.75, 3.05) is 52.5 Å². The molecule has 192 valence electrons. The fourth-order valence-electron chi connectivity index (χ4n) is 5.42. The summed E-state index contributed by atoms with van der Waals surface area (Å²) < 4.78 is 26.2. The van der Waals surface area contributed by atoms with Crippen molar-refractivity contribution in [3.05, 3.63) is 34.1 Å². The van der Waals surface area contributed by atoms with E-state index in [-0.39, 0.29) is 5.39 Å². The number of hydrogen-bond donors (Lipinski definition) is 2. The number of halogens is 1. The first-order valence-electron chi connectivity index (χ1n) is 13.1. The Morgan fingerprint density at radius 1 is 1.09 bits per heavy atom. The van der Waals surface area contributed by atoms with E-state index >= 15 is 0 Å². The Hall–Kier alpha value is -1.68. The molecule has 3 aliphatic heterocycles. The van der Waals surface area contributed by atoms with Gasteiger partial charge in [-0.1, -0.05) is 0 Å². The average Bonchev–Trinajstić information content (AvgIpc) is 2.88. The van der Waals surface area contributed by atoms with Crippen molar-refractivity contribution >= 4 is 22.7 Å². The fraction of sp³-hybridized carbons (Fsp3) is 0.692. The predicted octanol–water partition coefficient (Wildman–Crippen LogP) is 3.56. The van der Waals surface area contributed by atoms with Gasteiger partial charge in [0.05, 0.1) is 17.9 Å². The van der Waals surface area contributed by atoms with Crippen LogP contribution in [-0.4, -0.2) is 72.7 Å². The van der Waals surface area contributed by atoms with Gasteiger partial charge in [0, 0.05) is 37.1 Å². The molecular formula is C26H37FN4O3S. The lowest BCUT2D eigenvalue weighted by atomic mass is 9.94. The molecule has 3 aliphatic rings. The SMILES string of the molecule is O=c1[nH]c(CSC2CCOCC2)nc2cc(OCC3CCN(CC4CCNCC4)CC3)cc(F)c12. The van der Waals surface area contributed by atoms with Crippen LogP contribution >= 0.6 is 11.8 Å². The van der Waals surface area contributed by atoms with Crippen molar-refractivity contribution in [1.29, 1.82) is 0 Å². The molecule has 0 saturated carbocycles. The molecule has 1 aromatic heterocycles. The zero-order valence-electron chi connectivity index (χ0n) is 20.4. The Bertz CT molecular complexity index is 1030. The van der Waals surface area contributed by atoms with Gasteiger partial charge in [0.2, 0.25) is 0 Å². The zero-order chi connectivity index (χ0) is 24.0. The number of rotatable bonds is 8. The summed E-state index contributed by atoms with van der Waals surface area (Å²) in [6, 6.07) is 3.03. The number of nitrogens with one attached hydrogen (secondary N) is 2. The summed E-state index contributed by atoms with van der Waals surface area (Å²) >= 11 is 1.77. The van der Waals surface area contributed by atoms with E-state index in [4.69, 9.17) is 9.47 Å². The molecule has 0 spiro atoms. The van der Waals surface area contributed by atoms with Gasteiger partial charge in [-0.2, -0.15) is 11.8 Å². The smallest absolute Gasteiger partial charge is 0.261 e. The van der Waals surface area contributed by atoms with Crippen molar-refractivity contribution in [1.82, 2.24) is 20.2 Å². The standard InChI is InChI=1S/C26H37FN4O3S/c27-22-13-20(34-16-19-3-9-31(10-4-19)15-18-1-7-28-8-2-18)14-23-25(22)26(32)30-24(29-23)17-35-21-5-11-33-12-6-21/h13-14,18-19,21,28H,1-12,15-17H2,(H,29,30,32). The molecule has 4 heterocycles. The van der Waals surface area contributed by atoms with Gasteiger partial charge in [-0.25, -0.2) is 9.37 Å². The first-order chi connectivity index (χ1) is 17.1. The second kappa shape index (κ2) is 12.0. The highest BCUT2D eigenvalue weighted by molar-refractivity contribution is 7.99. The number of ether oxygens (including phenoxy) is 2. The van der Waals surface area contributed by atoms with Crippen molar-refractivity contribution in [3.63, 3.8) is 0 Å². The lowest BCUT2D eigenvalue weighted by molar-refractivity contribution is 0.1000. The molecule has 1 aromatic carbocycles. The van der Waals surface area contributed by atoms with Crippen molar-refractivity contribution in [2.45, 2.75) is 49.5 Å². The van der Waals surface area contributed by atoms with Gasteiger partial charge >= 0.3 is 0 Å². The van der Waals surface area contributed by atoms with Gasteiger partial charge in [0.15, 0.2) is 0 Å². The molecule has 0 unspecified atom stereocenters. The summed E-state index contributed by atoms with van der Waals surface area (Å²) in [6.45, 7) is 7.85. The van der Waals surface area contributed by atoms with Crippen LogP contribution in [0.3, 0.4) is 0 Å². The molecule has 0 bridgehead atoms. The van der Waals surface area contributed by atoms with Crippen LogP contribution in [0.15, 0.2) is 16.9 Å². The molecule has 35 heavy (non-hydrogen) atoms. The molecule has 0 amide bonds. The highest BCUT2D eigenvalue weighted by atomic mass is 32.2. The minimum Gasteiger partial charge on any atom is -0.493 e. The third-order valence-electron chi connectivity index (χ3n) is 7.58. The van der Waals surface area contributed by atoms with Gasteiger partial charge in [-0.15, -0.1) is 0 Å². The third-order valence-corrected chi connectivity index (χ3v) is 8.96. The van der Waals surface area contributed by atoms with E-state index in [0.717, 1.165) is 71.0 Å².